The highest BCUT2D eigenvalue weighted by Crippen LogP contribution is 2.39. The number of hydrogen-bond donors (Lipinski definition) is 3. The van der Waals surface area contributed by atoms with Crippen molar-refractivity contribution in [3.63, 3.8) is 0 Å². The van der Waals surface area contributed by atoms with Gasteiger partial charge in [0.15, 0.2) is 5.69 Å². The Morgan fingerprint density at radius 2 is 1.88 bits per heavy atom. The summed E-state index contributed by atoms with van der Waals surface area (Å²) in [5.74, 6) is -0.451. The van der Waals surface area contributed by atoms with Crippen LogP contribution in [-0.2, 0) is 0 Å². The minimum absolute atomic E-state index is 0.162. The second kappa shape index (κ2) is 9.48. The molecule has 0 bridgehead atoms. The Morgan fingerprint density at radius 1 is 1.09 bits per heavy atom. The van der Waals surface area contributed by atoms with Gasteiger partial charge in [-0.15, -0.1) is 0 Å². The van der Waals surface area contributed by atoms with Crippen molar-refractivity contribution in [2.75, 3.05) is 30.8 Å². The molecule has 3 N–H and O–H groups in total. The molecule has 2 amide bonds. The largest absolute Gasteiger partial charge is 0.395 e. The molecule has 1 fully saturated rings. The minimum atomic E-state index is -0.473. The summed E-state index contributed by atoms with van der Waals surface area (Å²) in [5, 5.41) is 15.0. The number of carbonyl (C=O) groups excluding carboxylic acids is 2. The van der Waals surface area contributed by atoms with Gasteiger partial charge < -0.3 is 20.6 Å². The van der Waals surface area contributed by atoms with Gasteiger partial charge in [-0.1, -0.05) is 0 Å². The highest BCUT2D eigenvalue weighted by atomic mass is 16.3. The fourth-order valence-corrected chi connectivity index (χ4v) is 3.19. The van der Waals surface area contributed by atoms with E-state index < -0.39 is 5.91 Å². The summed E-state index contributed by atoms with van der Waals surface area (Å²) < 4.78 is 0. The lowest BCUT2D eigenvalue weighted by Gasteiger charge is -2.18. The number of amides is 2. The third-order valence-corrected chi connectivity index (χ3v) is 5.05. The average Bonchev–Trinajstić information content (AvgIpc) is 3.65. The molecule has 4 rings (SSSR count). The predicted molar refractivity (Wildman–Crippen MR) is 118 cm³/mol. The Balaban J connectivity index is 1.63. The molecule has 0 aliphatic heterocycles. The Bertz CT molecular complexity index is 1120. The van der Waals surface area contributed by atoms with Crippen LogP contribution >= 0.6 is 0 Å². The lowest BCUT2D eigenvalue weighted by Crippen LogP contribution is -2.30. The van der Waals surface area contributed by atoms with Crippen LogP contribution in [0.3, 0.4) is 0 Å². The first-order chi connectivity index (χ1) is 15.6. The third kappa shape index (κ3) is 4.86. The maximum Gasteiger partial charge on any atom is 0.276 e. The van der Waals surface area contributed by atoms with E-state index in [1.54, 1.807) is 19.4 Å². The first-order valence-electron chi connectivity index (χ1n) is 10.2. The lowest BCUT2D eigenvalue weighted by atomic mass is 10.1. The average molecular weight is 433 g/mol. The van der Waals surface area contributed by atoms with Crippen molar-refractivity contribution in [3.05, 3.63) is 66.3 Å². The number of pyridine rings is 2. The second-order valence-corrected chi connectivity index (χ2v) is 7.48. The van der Waals surface area contributed by atoms with E-state index in [9.17, 15) is 9.59 Å². The summed E-state index contributed by atoms with van der Waals surface area (Å²) in [6.45, 7) is 0.0118. The van der Waals surface area contributed by atoms with Gasteiger partial charge in [-0.05, 0) is 31.0 Å². The maximum absolute atomic E-state index is 13.3. The molecular weight excluding hydrogens is 410 g/mol. The number of aliphatic hydroxyl groups excluding tert-OH is 1. The molecule has 0 spiro atoms. The van der Waals surface area contributed by atoms with Crippen LogP contribution in [0.1, 0.15) is 45.3 Å². The molecule has 1 aliphatic carbocycles. The van der Waals surface area contributed by atoms with Crippen LogP contribution in [0.4, 0.5) is 17.1 Å². The van der Waals surface area contributed by atoms with Gasteiger partial charge in [0.2, 0.25) is 0 Å². The summed E-state index contributed by atoms with van der Waals surface area (Å²) in [6, 6.07) is 5.25. The Labute approximate surface area is 184 Å². The fourth-order valence-electron chi connectivity index (χ4n) is 3.19. The molecule has 10 nitrogen and oxygen atoms in total. The summed E-state index contributed by atoms with van der Waals surface area (Å²) in [5.41, 5.74) is 2.70. The van der Waals surface area contributed by atoms with E-state index in [1.165, 1.54) is 29.7 Å². The van der Waals surface area contributed by atoms with Crippen molar-refractivity contribution in [1.82, 2.24) is 24.8 Å². The number of hydrogen-bond acceptors (Lipinski definition) is 8. The number of nitrogens with one attached hydrogen (secondary N) is 2. The molecule has 32 heavy (non-hydrogen) atoms. The van der Waals surface area contributed by atoms with E-state index in [4.69, 9.17) is 5.11 Å². The van der Waals surface area contributed by atoms with Crippen molar-refractivity contribution in [2.24, 2.45) is 0 Å². The highest BCUT2D eigenvalue weighted by Gasteiger charge is 2.27. The van der Waals surface area contributed by atoms with Crippen molar-refractivity contribution in [1.29, 1.82) is 0 Å². The van der Waals surface area contributed by atoms with Gasteiger partial charge in [-0.25, -0.2) is 15.0 Å². The van der Waals surface area contributed by atoms with Crippen LogP contribution in [-0.4, -0.2) is 62.0 Å². The first-order valence-corrected chi connectivity index (χ1v) is 10.2. The van der Waals surface area contributed by atoms with Crippen molar-refractivity contribution >= 4 is 28.9 Å². The number of aromatic nitrogens is 4. The lowest BCUT2D eigenvalue weighted by molar-refractivity contribution is 0.0768. The fraction of sp³-hybridized carbons (Fsp3) is 0.273. The van der Waals surface area contributed by atoms with Gasteiger partial charge in [-0.2, -0.15) is 0 Å². The third-order valence-electron chi connectivity index (χ3n) is 5.05. The number of anilines is 3. The number of rotatable bonds is 8. The molecule has 164 valence electrons. The van der Waals surface area contributed by atoms with E-state index in [-0.39, 0.29) is 36.0 Å². The van der Waals surface area contributed by atoms with Gasteiger partial charge in [0.25, 0.3) is 11.8 Å². The van der Waals surface area contributed by atoms with E-state index in [2.05, 4.69) is 30.6 Å². The Kier molecular flexibility index (Phi) is 6.31. The molecule has 3 heterocycles. The zero-order chi connectivity index (χ0) is 22.5. The summed E-state index contributed by atoms with van der Waals surface area (Å²) in [4.78, 5) is 44.0. The highest BCUT2D eigenvalue weighted by molar-refractivity contribution is 6.10. The molecule has 3 aromatic rings. The van der Waals surface area contributed by atoms with Crippen LogP contribution < -0.4 is 10.6 Å². The topological polar surface area (TPSA) is 133 Å². The maximum atomic E-state index is 13.3. The summed E-state index contributed by atoms with van der Waals surface area (Å²) >= 11 is 0. The molecular formula is C22H23N7O3. The van der Waals surface area contributed by atoms with Crippen LogP contribution in [0.15, 0.2) is 49.3 Å². The van der Waals surface area contributed by atoms with Gasteiger partial charge in [-0.3, -0.25) is 14.6 Å². The molecule has 0 atom stereocenters. The van der Waals surface area contributed by atoms with Crippen molar-refractivity contribution in [2.45, 2.75) is 18.8 Å². The normalized spacial score (nSPS) is 12.8. The van der Waals surface area contributed by atoms with Crippen LogP contribution in [0.25, 0.3) is 0 Å². The molecule has 0 unspecified atom stereocenters. The smallest absolute Gasteiger partial charge is 0.276 e. The quantitative estimate of drug-likeness (QED) is 0.492. The standard InChI is InChI=1S/C22H23N7O3/c1-29(8-9-30)22(32)16-6-7-23-12-19(16)28-21(31)20-18(26-15-10-24-13-25-11-15)5-4-17(27-20)14-2-3-14/h4-7,10-14,26,30H,2-3,8-9H2,1H3,(H,28,31). The van der Waals surface area contributed by atoms with E-state index in [0.29, 0.717) is 17.3 Å². The van der Waals surface area contributed by atoms with Gasteiger partial charge in [0, 0.05) is 31.4 Å². The second-order valence-electron chi connectivity index (χ2n) is 7.48. The van der Waals surface area contributed by atoms with Gasteiger partial charge >= 0.3 is 0 Å². The molecule has 0 aromatic carbocycles. The van der Waals surface area contributed by atoms with Crippen LogP contribution in [0, 0.1) is 0 Å². The Morgan fingerprint density at radius 3 is 2.59 bits per heavy atom. The number of likely N-dealkylation sites (N-methyl/N-ethyl adjacent to an activating group) is 1. The minimum Gasteiger partial charge on any atom is -0.395 e. The zero-order valence-corrected chi connectivity index (χ0v) is 17.5. The zero-order valence-electron chi connectivity index (χ0n) is 17.5. The first kappa shape index (κ1) is 21.3. The van der Waals surface area contributed by atoms with Gasteiger partial charge in [0.1, 0.15) is 6.33 Å². The van der Waals surface area contributed by atoms with Crippen LogP contribution in [0.5, 0.6) is 0 Å². The molecule has 0 saturated heterocycles. The van der Waals surface area contributed by atoms with E-state index >= 15 is 0 Å². The molecule has 10 heteroatoms. The molecule has 1 aliphatic rings. The SMILES string of the molecule is CN(CCO)C(=O)c1ccncc1NC(=O)c1nc(C2CC2)ccc1Nc1cncnc1. The van der Waals surface area contributed by atoms with E-state index in [1.807, 2.05) is 12.1 Å². The van der Waals surface area contributed by atoms with E-state index in [0.717, 1.165) is 18.5 Å². The Hall–Kier alpha value is -3.92. The number of aliphatic hydroxyl groups is 1. The summed E-state index contributed by atoms with van der Waals surface area (Å²) in [6.07, 6.45) is 9.60. The van der Waals surface area contributed by atoms with Crippen molar-refractivity contribution in [3.8, 4) is 0 Å². The number of nitrogens with zero attached hydrogens (tertiary/aromatic N) is 5. The van der Waals surface area contributed by atoms with Gasteiger partial charge in [0.05, 0.1) is 47.8 Å². The molecule has 0 radical (unpaired) electrons. The number of carbonyl (C=O) groups is 2. The molecule has 1 saturated carbocycles. The monoisotopic (exact) mass is 433 g/mol. The predicted octanol–water partition coefficient (Wildman–Crippen LogP) is 2.20. The molecule has 3 aromatic heterocycles. The summed E-state index contributed by atoms with van der Waals surface area (Å²) in [7, 11) is 1.58. The van der Waals surface area contributed by atoms with Crippen LogP contribution in [0.2, 0.25) is 0 Å². The van der Waals surface area contributed by atoms with Crippen molar-refractivity contribution < 1.29 is 14.7 Å².